The molecule has 10 heteroatoms. The summed E-state index contributed by atoms with van der Waals surface area (Å²) >= 11 is 5.04. The number of hydrogen-bond acceptors (Lipinski definition) is 5. The van der Waals surface area contributed by atoms with Gasteiger partial charge in [0.05, 0.1) is 12.6 Å². The third-order valence-corrected chi connectivity index (χ3v) is 5.37. The van der Waals surface area contributed by atoms with Crippen molar-refractivity contribution in [1.29, 1.82) is 0 Å². The molecule has 1 aliphatic carbocycles. The van der Waals surface area contributed by atoms with Crippen molar-refractivity contribution in [1.82, 2.24) is 36.0 Å². The summed E-state index contributed by atoms with van der Waals surface area (Å²) in [6.45, 7) is 2.47. The molecule has 2 heterocycles. The maximum Gasteiger partial charge on any atom is 0.224 e. The third-order valence-electron chi connectivity index (χ3n) is 5.18. The molecule has 1 saturated carbocycles. The second-order valence-corrected chi connectivity index (χ2v) is 7.77. The second-order valence-electron chi connectivity index (χ2n) is 7.38. The first-order valence-corrected chi connectivity index (χ1v) is 10.1. The van der Waals surface area contributed by atoms with Crippen LogP contribution in [0.1, 0.15) is 56.3 Å². The summed E-state index contributed by atoms with van der Waals surface area (Å²) < 4.78 is 0.416. The Balaban J connectivity index is 1.44. The van der Waals surface area contributed by atoms with Gasteiger partial charge in [-0.2, -0.15) is 5.10 Å². The second kappa shape index (κ2) is 9.63. The Morgan fingerprint density at radius 3 is 2.86 bits per heavy atom. The number of carbonyl (C=O) groups excluding carboxylic acids is 2. The minimum atomic E-state index is -0.110. The minimum Gasteiger partial charge on any atom is -0.356 e. The number of rotatable bonds is 8. The van der Waals surface area contributed by atoms with Crippen molar-refractivity contribution < 1.29 is 9.59 Å². The topological polar surface area (TPSA) is 131 Å². The number of H-pyrrole nitrogens is 3. The summed E-state index contributed by atoms with van der Waals surface area (Å²) in [7, 11) is 0. The quantitative estimate of drug-likeness (QED) is 0.427. The third kappa shape index (κ3) is 5.51. The van der Waals surface area contributed by atoms with Gasteiger partial charge in [0.15, 0.2) is 0 Å². The fraction of sp³-hybridized carbons (Fsp3) is 0.611. The predicted octanol–water partition coefficient (Wildman–Crippen LogP) is 1.72. The monoisotopic (exact) mass is 405 g/mol. The average molecular weight is 406 g/mol. The molecule has 3 atom stereocenters. The largest absolute Gasteiger partial charge is 0.356 e. The average Bonchev–Trinajstić information content (AvgIpc) is 3.33. The van der Waals surface area contributed by atoms with E-state index in [1.807, 2.05) is 6.92 Å². The lowest BCUT2D eigenvalue weighted by molar-refractivity contribution is -0.127. The molecule has 152 valence electrons. The number of hydrogen-bond donors (Lipinski definition) is 5. The van der Waals surface area contributed by atoms with Gasteiger partial charge in [0, 0.05) is 30.6 Å². The van der Waals surface area contributed by atoms with Crippen LogP contribution in [0.3, 0.4) is 0 Å². The van der Waals surface area contributed by atoms with Crippen molar-refractivity contribution >= 4 is 24.0 Å². The molecule has 2 aromatic rings. The smallest absolute Gasteiger partial charge is 0.224 e. The zero-order valence-corrected chi connectivity index (χ0v) is 16.8. The highest BCUT2D eigenvalue weighted by Crippen LogP contribution is 2.36. The van der Waals surface area contributed by atoms with Gasteiger partial charge in [-0.1, -0.05) is 12.8 Å². The number of aromatic nitrogens is 5. The van der Waals surface area contributed by atoms with Gasteiger partial charge in [0.1, 0.15) is 5.82 Å². The zero-order valence-electron chi connectivity index (χ0n) is 16.0. The van der Waals surface area contributed by atoms with Crippen molar-refractivity contribution in [3.63, 3.8) is 0 Å². The summed E-state index contributed by atoms with van der Waals surface area (Å²) in [6, 6.07) is -0.0259. The van der Waals surface area contributed by atoms with Gasteiger partial charge in [-0.15, -0.1) is 0 Å². The lowest BCUT2D eigenvalue weighted by atomic mass is 9.78. The van der Waals surface area contributed by atoms with Crippen molar-refractivity contribution in [2.24, 2.45) is 5.92 Å². The summed E-state index contributed by atoms with van der Waals surface area (Å²) in [4.78, 5) is 29.0. The Labute approximate surface area is 168 Å². The molecule has 9 nitrogen and oxygen atoms in total. The van der Waals surface area contributed by atoms with Gasteiger partial charge in [0.25, 0.3) is 0 Å². The van der Waals surface area contributed by atoms with Crippen molar-refractivity contribution in [2.45, 2.75) is 57.4 Å². The molecule has 0 bridgehead atoms. The molecule has 0 radical (unpaired) electrons. The molecular weight excluding hydrogens is 378 g/mol. The molecule has 2 aromatic heterocycles. The number of aromatic amines is 3. The van der Waals surface area contributed by atoms with Crippen molar-refractivity contribution in [3.05, 3.63) is 28.6 Å². The van der Waals surface area contributed by atoms with E-state index in [9.17, 15) is 9.59 Å². The lowest BCUT2D eigenvalue weighted by Gasteiger charge is -2.30. The van der Waals surface area contributed by atoms with E-state index in [2.05, 4.69) is 36.0 Å². The van der Waals surface area contributed by atoms with Crippen LogP contribution < -0.4 is 10.6 Å². The first kappa shape index (κ1) is 20.2. The number of amides is 2. The first-order chi connectivity index (χ1) is 13.5. The maximum atomic E-state index is 12.8. The maximum absolute atomic E-state index is 12.8. The minimum absolute atomic E-state index is 0.0259. The SMILES string of the molecule is C[C@@H](CCNC(=O)Cc1cn[nH]c1)NC(=O)[C@@H]1CCCC[C@@H]1c1nc(=S)[nH][nH]1. The van der Waals surface area contributed by atoms with Gasteiger partial charge < -0.3 is 10.6 Å². The Morgan fingerprint density at radius 1 is 1.32 bits per heavy atom. The fourth-order valence-corrected chi connectivity index (χ4v) is 3.85. The predicted molar refractivity (Wildman–Crippen MR) is 106 cm³/mol. The van der Waals surface area contributed by atoms with Gasteiger partial charge in [-0.25, -0.2) is 4.98 Å². The first-order valence-electron chi connectivity index (χ1n) is 9.72. The summed E-state index contributed by atoms with van der Waals surface area (Å²) in [5.41, 5.74) is 0.847. The van der Waals surface area contributed by atoms with Gasteiger partial charge in [-0.05, 0) is 44.0 Å². The van der Waals surface area contributed by atoms with Crippen molar-refractivity contribution in [2.75, 3.05) is 6.54 Å². The molecule has 2 amide bonds. The highest BCUT2D eigenvalue weighted by atomic mass is 32.1. The van der Waals surface area contributed by atoms with Gasteiger partial charge in [0.2, 0.25) is 16.6 Å². The van der Waals surface area contributed by atoms with Gasteiger partial charge in [-0.3, -0.25) is 24.9 Å². The lowest BCUT2D eigenvalue weighted by Crippen LogP contribution is -2.42. The van der Waals surface area contributed by atoms with Crippen LogP contribution in [0.15, 0.2) is 12.4 Å². The van der Waals surface area contributed by atoms with E-state index < -0.39 is 0 Å². The summed E-state index contributed by atoms with van der Waals surface area (Å²) in [5.74, 6) is 0.707. The summed E-state index contributed by atoms with van der Waals surface area (Å²) in [6.07, 6.45) is 8.20. The Bertz CT molecular complexity index is 829. The van der Waals surface area contributed by atoms with E-state index in [1.165, 1.54) is 0 Å². The number of nitrogens with one attached hydrogen (secondary N) is 5. The Morgan fingerprint density at radius 2 is 2.14 bits per heavy atom. The molecule has 0 spiro atoms. The molecule has 3 rings (SSSR count). The Hall–Kier alpha value is -2.49. The van der Waals surface area contributed by atoms with E-state index in [4.69, 9.17) is 12.2 Å². The van der Waals surface area contributed by atoms with Crippen LogP contribution in [0.4, 0.5) is 0 Å². The fourth-order valence-electron chi connectivity index (χ4n) is 3.70. The van der Waals surface area contributed by atoms with Gasteiger partial charge >= 0.3 is 0 Å². The highest BCUT2D eigenvalue weighted by molar-refractivity contribution is 7.71. The molecule has 0 aromatic carbocycles. The van der Waals surface area contributed by atoms with Crippen LogP contribution in [0.5, 0.6) is 0 Å². The van der Waals surface area contributed by atoms with Crippen LogP contribution in [0, 0.1) is 10.7 Å². The van der Waals surface area contributed by atoms with E-state index in [-0.39, 0.29) is 29.7 Å². The van der Waals surface area contributed by atoms with Crippen molar-refractivity contribution in [3.8, 4) is 0 Å². The molecule has 28 heavy (non-hydrogen) atoms. The Kier molecular flexibility index (Phi) is 6.96. The van der Waals surface area contributed by atoms with Crippen LogP contribution in [-0.2, 0) is 16.0 Å². The molecule has 5 N–H and O–H groups in total. The normalized spacial score (nSPS) is 20.5. The molecule has 0 unspecified atom stereocenters. The zero-order chi connectivity index (χ0) is 19.9. The highest BCUT2D eigenvalue weighted by Gasteiger charge is 2.34. The molecular formula is C18H27N7O2S. The van der Waals surface area contributed by atoms with Crippen LogP contribution in [0.2, 0.25) is 0 Å². The standard InChI is InChI=1S/C18H27N7O2S/c1-11(6-7-19-15(26)8-12-9-20-21-10-12)22-17(27)14-5-3-2-4-13(14)16-23-18(28)25-24-16/h9-11,13-14H,2-8H2,1H3,(H,19,26)(H,20,21)(H,22,27)(H2,23,24,25,28)/t11-,13-,14+/m0/s1. The number of nitrogens with zero attached hydrogens (tertiary/aromatic N) is 2. The van der Waals surface area contributed by atoms with Crippen LogP contribution in [0.25, 0.3) is 0 Å². The van der Waals surface area contributed by atoms with E-state index >= 15 is 0 Å². The van der Waals surface area contributed by atoms with E-state index in [1.54, 1.807) is 12.4 Å². The van der Waals surface area contributed by atoms with E-state index in [0.29, 0.717) is 24.2 Å². The van der Waals surface area contributed by atoms with Crippen LogP contribution >= 0.6 is 12.2 Å². The summed E-state index contributed by atoms with van der Waals surface area (Å²) in [5, 5.41) is 18.3. The van der Waals surface area contributed by atoms with E-state index in [0.717, 1.165) is 37.1 Å². The number of carbonyl (C=O) groups is 2. The molecule has 0 aliphatic heterocycles. The molecule has 0 saturated heterocycles. The molecule has 1 aliphatic rings. The molecule has 1 fully saturated rings. The van der Waals surface area contributed by atoms with Crippen LogP contribution in [-0.4, -0.2) is 49.8 Å².